The molecular formula is C22H27NO3. The normalized spacial score (nSPS) is 12.3. The van der Waals surface area contributed by atoms with Crippen molar-refractivity contribution in [2.24, 2.45) is 0 Å². The summed E-state index contributed by atoms with van der Waals surface area (Å²) >= 11 is 0. The summed E-state index contributed by atoms with van der Waals surface area (Å²) in [5.41, 5.74) is 2.28. The Kier molecular flexibility index (Phi) is 6.56. The summed E-state index contributed by atoms with van der Waals surface area (Å²) in [5.74, 6) is -0.766. The molecular weight excluding hydrogens is 326 g/mol. The van der Waals surface area contributed by atoms with Gasteiger partial charge in [-0.05, 0) is 57.7 Å². The summed E-state index contributed by atoms with van der Waals surface area (Å²) in [7, 11) is 0. The number of esters is 1. The van der Waals surface area contributed by atoms with Gasteiger partial charge in [0.05, 0.1) is 5.56 Å². The SMILES string of the molecule is CC(OC(=O)c1ccccc1CCc1ccccc1)C(=O)NC(C)(C)C. The standard InChI is InChI=1S/C22H27NO3/c1-16(20(24)23-22(2,3)4)26-21(25)19-13-9-8-12-18(19)15-14-17-10-6-5-7-11-17/h5-13,16H,14-15H2,1-4H3,(H,23,24). The maximum absolute atomic E-state index is 12.6. The zero-order valence-corrected chi connectivity index (χ0v) is 15.9. The molecule has 1 amide bonds. The minimum atomic E-state index is -0.844. The Balaban J connectivity index is 2.03. The van der Waals surface area contributed by atoms with Crippen molar-refractivity contribution in [1.29, 1.82) is 0 Å². The fourth-order valence-electron chi connectivity index (χ4n) is 2.61. The highest BCUT2D eigenvalue weighted by Gasteiger charge is 2.23. The molecule has 2 aromatic carbocycles. The van der Waals surface area contributed by atoms with E-state index in [1.165, 1.54) is 5.56 Å². The number of rotatable bonds is 6. The van der Waals surface area contributed by atoms with Crippen LogP contribution < -0.4 is 5.32 Å². The van der Waals surface area contributed by atoms with Gasteiger partial charge < -0.3 is 10.1 Å². The number of aryl methyl sites for hydroxylation is 2. The number of carbonyl (C=O) groups excluding carboxylic acids is 2. The molecule has 0 aliphatic heterocycles. The van der Waals surface area contributed by atoms with Crippen LogP contribution in [0.4, 0.5) is 0 Å². The number of benzene rings is 2. The molecule has 138 valence electrons. The number of ether oxygens (including phenoxy) is 1. The molecule has 0 bridgehead atoms. The summed E-state index contributed by atoms with van der Waals surface area (Å²) in [5, 5.41) is 2.82. The fourth-order valence-corrected chi connectivity index (χ4v) is 2.61. The first-order valence-electron chi connectivity index (χ1n) is 8.91. The molecule has 0 spiro atoms. The van der Waals surface area contributed by atoms with Crippen LogP contribution in [0.15, 0.2) is 54.6 Å². The molecule has 1 atom stereocenters. The van der Waals surface area contributed by atoms with E-state index in [0.717, 1.165) is 18.4 Å². The van der Waals surface area contributed by atoms with E-state index in [1.807, 2.05) is 57.2 Å². The Morgan fingerprint density at radius 3 is 2.23 bits per heavy atom. The Bertz CT molecular complexity index is 747. The number of nitrogens with one attached hydrogen (secondary N) is 1. The lowest BCUT2D eigenvalue weighted by atomic mass is 10.00. The first-order valence-corrected chi connectivity index (χ1v) is 8.91. The third-order valence-electron chi connectivity index (χ3n) is 3.91. The van der Waals surface area contributed by atoms with E-state index in [4.69, 9.17) is 4.74 Å². The van der Waals surface area contributed by atoms with Gasteiger partial charge >= 0.3 is 5.97 Å². The summed E-state index contributed by atoms with van der Waals surface area (Å²) < 4.78 is 5.39. The topological polar surface area (TPSA) is 55.4 Å². The minimum Gasteiger partial charge on any atom is -0.449 e. The molecule has 0 fully saturated rings. The largest absolute Gasteiger partial charge is 0.449 e. The van der Waals surface area contributed by atoms with Gasteiger partial charge in [0, 0.05) is 5.54 Å². The van der Waals surface area contributed by atoms with Crippen molar-refractivity contribution in [2.75, 3.05) is 0 Å². The van der Waals surface area contributed by atoms with Crippen molar-refractivity contribution in [3.05, 3.63) is 71.3 Å². The average Bonchev–Trinajstić information content (AvgIpc) is 2.59. The van der Waals surface area contributed by atoms with Crippen molar-refractivity contribution in [3.63, 3.8) is 0 Å². The predicted molar refractivity (Wildman–Crippen MR) is 103 cm³/mol. The second-order valence-corrected chi connectivity index (χ2v) is 7.43. The molecule has 0 aliphatic carbocycles. The summed E-state index contributed by atoms with van der Waals surface area (Å²) in [6.45, 7) is 7.25. The van der Waals surface area contributed by atoms with Crippen molar-refractivity contribution >= 4 is 11.9 Å². The van der Waals surface area contributed by atoms with Gasteiger partial charge in [0.25, 0.3) is 5.91 Å². The quantitative estimate of drug-likeness (QED) is 0.801. The van der Waals surface area contributed by atoms with Crippen molar-refractivity contribution in [3.8, 4) is 0 Å². The third-order valence-corrected chi connectivity index (χ3v) is 3.91. The van der Waals surface area contributed by atoms with E-state index in [2.05, 4.69) is 17.4 Å². The minimum absolute atomic E-state index is 0.299. The monoisotopic (exact) mass is 353 g/mol. The Morgan fingerprint density at radius 2 is 1.58 bits per heavy atom. The smallest absolute Gasteiger partial charge is 0.339 e. The Labute approximate surface area is 155 Å². The first-order chi connectivity index (χ1) is 12.3. The Hall–Kier alpha value is -2.62. The summed E-state index contributed by atoms with van der Waals surface area (Å²) in [4.78, 5) is 24.7. The zero-order valence-electron chi connectivity index (χ0n) is 15.9. The van der Waals surface area contributed by atoms with Crippen LogP contribution in [-0.4, -0.2) is 23.5 Å². The van der Waals surface area contributed by atoms with E-state index >= 15 is 0 Å². The molecule has 0 saturated heterocycles. The van der Waals surface area contributed by atoms with Gasteiger partial charge in [-0.1, -0.05) is 48.5 Å². The third kappa shape index (κ3) is 6.03. The summed E-state index contributed by atoms with van der Waals surface area (Å²) in [6, 6.07) is 17.5. The van der Waals surface area contributed by atoms with Crippen LogP contribution in [0.3, 0.4) is 0 Å². The number of amides is 1. The van der Waals surface area contributed by atoms with Gasteiger partial charge in [-0.25, -0.2) is 4.79 Å². The molecule has 4 nitrogen and oxygen atoms in total. The average molecular weight is 353 g/mol. The van der Waals surface area contributed by atoms with Crippen LogP contribution in [0.2, 0.25) is 0 Å². The highest BCUT2D eigenvalue weighted by atomic mass is 16.5. The molecule has 0 radical (unpaired) electrons. The van der Waals surface area contributed by atoms with Crippen LogP contribution in [-0.2, 0) is 22.4 Å². The number of hydrogen-bond acceptors (Lipinski definition) is 3. The molecule has 0 heterocycles. The Morgan fingerprint density at radius 1 is 0.962 bits per heavy atom. The molecule has 26 heavy (non-hydrogen) atoms. The molecule has 2 aromatic rings. The lowest BCUT2D eigenvalue weighted by Gasteiger charge is -2.23. The van der Waals surface area contributed by atoms with Crippen LogP contribution in [0, 0.1) is 0 Å². The van der Waals surface area contributed by atoms with Gasteiger partial charge in [0.15, 0.2) is 6.10 Å². The molecule has 0 aromatic heterocycles. The number of hydrogen-bond donors (Lipinski definition) is 1. The van der Waals surface area contributed by atoms with Gasteiger partial charge in [-0.2, -0.15) is 0 Å². The zero-order chi connectivity index (χ0) is 19.2. The first kappa shape index (κ1) is 19.7. The van der Waals surface area contributed by atoms with E-state index in [9.17, 15) is 9.59 Å². The van der Waals surface area contributed by atoms with Crippen LogP contribution >= 0.6 is 0 Å². The van der Waals surface area contributed by atoms with E-state index < -0.39 is 12.1 Å². The second kappa shape index (κ2) is 8.65. The molecule has 2 rings (SSSR count). The fraction of sp³-hybridized carbons (Fsp3) is 0.364. The van der Waals surface area contributed by atoms with Crippen molar-refractivity contribution < 1.29 is 14.3 Å². The molecule has 4 heteroatoms. The van der Waals surface area contributed by atoms with Crippen molar-refractivity contribution in [2.45, 2.75) is 52.2 Å². The molecule has 0 aliphatic rings. The van der Waals surface area contributed by atoms with E-state index in [0.29, 0.717) is 5.56 Å². The molecule has 1 N–H and O–H groups in total. The van der Waals surface area contributed by atoms with Crippen LogP contribution in [0.25, 0.3) is 0 Å². The van der Waals surface area contributed by atoms with Gasteiger partial charge in [0.1, 0.15) is 0 Å². The maximum Gasteiger partial charge on any atom is 0.339 e. The molecule has 1 unspecified atom stereocenters. The van der Waals surface area contributed by atoms with E-state index in [-0.39, 0.29) is 11.4 Å². The second-order valence-electron chi connectivity index (χ2n) is 7.43. The van der Waals surface area contributed by atoms with Crippen LogP contribution in [0.5, 0.6) is 0 Å². The van der Waals surface area contributed by atoms with Gasteiger partial charge in [-0.15, -0.1) is 0 Å². The maximum atomic E-state index is 12.6. The highest BCUT2D eigenvalue weighted by Crippen LogP contribution is 2.15. The molecule has 0 saturated carbocycles. The van der Waals surface area contributed by atoms with Gasteiger partial charge in [0.2, 0.25) is 0 Å². The number of carbonyl (C=O) groups is 2. The van der Waals surface area contributed by atoms with Gasteiger partial charge in [-0.3, -0.25) is 4.79 Å². The lowest BCUT2D eigenvalue weighted by Crippen LogP contribution is -2.46. The highest BCUT2D eigenvalue weighted by molar-refractivity contribution is 5.93. The van der Waals surface area contributed by atoms with Crippen molar-refractivity contribution in [1.82, 2.24) is 5.32 Å². The summed E-state index contributed by atoms with van der Waals surface area (Å²) in [6.07, 6.45) is 0.729. The predicted octanol–water partition coefficient (Wildman–Crippen LogP) is 3.93. The van der Waals surface area contributed by atoms with Crippen LogP contribution in [0.1, 0.15) is 49.2 Å². The lowest BCUT2D eigenvalue weighted by molar-refractivity contribution is -0.130. The van der Waals surface area contributed by atoms with E-state index in [1.54, 1.807) is 13.0 Å².